The largest absolute Gasteiger partial charge is 0.315 e. The average Bonchev–Trinajstić information content (AvgIpc) is 2.28. The van der Waals surface area contributed by atoms with Crippen LogP contribution < -0.4 is 0 Å². The van der Waals surface area contributed by atoms with Crippen LogP contribution in [0.4, 0.5) is 0 Å². The van der Waals surface area contributed by atoms with Gasteiger partial charge in [-0.15, -0.1) is 0 Å². The highest BCUT2D eigenvalue weighted by molar-refractivity contribution is 9.09. The molecule has 1 fully saturated rings. The van der Waals surface area contributed by atoms with Gasteiger partial charge in [-0.3, -0.25) is 9.59 Å². The number of nitrogens with zero attached hydrogens (tertiary/aromatic N) is 1. The average molecular weight is 246 g/mol. The fourth-order valence-electron chi connectivity index (χ4n) is 1.38. The Bertz CT molecular complexity index is 273. The minimum Gasteiger partial charge on any atom is -0.315 e. The van der Waals surface area contributed by atoms with E-state index in [9.17, 15) is 9.59 Å². The monoisotopic (exact) mass is 245 g/mol. The molecule has 1 amide bonds. The number of likely N-dealkylation sites (tertiary alicyclic amines) is 1. The van der Waals surface area contributed by atoms with Gasteiger partial charge in [0.1, 0.15) is 0 Å². The van der Waals surface area contributed by atoms with Gasteiger partial charge in [0.15, 0.2) is 5.78 Å². The summed E-state index contributed by atoms with van der Waals surface area (Å²) in [5, 5.41) is 0. The van der Waals surface area contributed by atoms with E-state index in [0.29, 0.717) is 13.0 Å². The zero-order chi connectivity index (χ0) is 10.0. The molecule has 3 nitrogen and oxygen atoms in total. The van der Waals surface area contributed by atoms with E-state index in [0.717, 1.165) is 5.70 Å². The Morgan fingerprint density at radius 1 is 1.62 bits per heavy atom. The zero-order valence-corrected chi connectivity index (χ0v) is 9.30. The first-order valence-corrected chi connectivity index (χ1v) is 5.05. The smallest absolute Gasteiger partial charge is 0.227 e. The summed E-state index contributed by atoms with van der Waals surface area (Å²) in [4.78, 5) is 24.0. The molecule has 1 unspecified atom stereocenters. The van der Waals surface area contributed by atoms with E-state index in [4.69, 9.17) is 0 Å². The van der Waals surface area contributed by atoms with E-state index < -0.39 is 0 Å². The molecule has 0 aliphatic carbocycles. The van der Waals surface area contributed by atoms with E-state index in [2.05, 4.69) is 15.9 Å². The van der Waals surface area contributed by atoms with Crippen LogP contribution in [0.3, 0.4) is 0 Å². The molecule has 0 saturated carbocycles. The molecule has 1 aliphatic heterocycles. The Hall–Kier alpha value is -0.640. The van der Waals surface area contributed by atoms with Crippen LogP contribution in [0.15, 0.2) is 11.8 Å². The van der Waals surface area contributed by atoms with E-state index >= 15 is 0 Å². The molecule has 0 N–H and O–H groups in total. The number of halogens is 1. The quantitative estimate of drug-likeness (QED) is 0.546. The van der Waals surface area contributed by atoms with Crippen LogP contribution in [0, 0.1) is 0 Å². The highest BCUT2D eigenvalue weighted by Crippen LogP contribution is 2.21. The van der Waals surface area contributed by atoms with Crippen molar-refractivity contribution < 1.29 is 9.59 Å². The predicted octanol–water partition coefficient (Wildman–Crippen LogP) is 1.47. The van der Waals surface area contributed by atoms with Crippen LogP contribution in [-0.4, -0.2) is 28.0 Å². The molecule has 1 rings (SSSR count). The molecule has 0 spiro atoms. The van der Waals surface area contributed by atoms with Gasteiger partial charge in [0.2, 0.25) is 5.91 Å². The third kappa shape index (κ3) is 2.66. The van der Waals surface area contributed by atoms with Crippen molar-refractivity contribution in [3.8, 4) is 0 Å². The molecule has 4 heteroatoms. The molecule has 0 bridgehead atoms. The Morgan fingerprint density at radius 2 is 2.23 bits per heavy atom. The summed E-state index contributed by atoms with van der Waals surface area (Å²) in [7, 11) is 0. The van der Waals surface area contributed by atoms with Crippen molar-refractivity contribution >= 4 is 27.6 Å². The number of hydrogen-bond donors (Lipinski definition) is 0. The van der Waals surface area contributed by atoms with Gasteiger partial charge in [-0.2, -0.15) is 0 Å². The molecular weight excluding hydrogens is 234 g/mol. The zero-order valence-electron chi connectivity index (χ0n) is 7.71. The van der Waals surface area contributed by atoms with E-state index in [1.165, 1.54) is 13.0 Å². The lowest BCUT2D eigenvalue weighted by atomic mass is 10.3. The van der Waals surface area contributed by atoms with E-state index in [-0.39, 0.29) is 16.5 Å². The van der Waals surface area contributed by atoms with Gasteiger partial charge in [-0.05, 0) is 13.8 Å². The van der Waals surface area contributed by atoms with Gasteiger partial charge in [0.25, 0.3) is 0 Å². The van der Waals surface area contributed by atoms with Crippen molar-refractivity contribution in [3.63, 3.8) is 0 Å². The van der Waals surface area contributed by atoms with Crippen LogP contribution in [0.2, 0.25) is 0 Å². The first-order chi connectivity index (χ1) is 6.00. The third-order valence-electron chi connectivity index (χ3n) is 1.92. The van der Waals surface area contributed by atoms with Gasteiger partial charge in [-0.1, -0.05) is 15.9 Å². The molecule has 0 aromatic carbocycles. The normalized spacial score (nSPS) is 23.9. The Balaban J connectivity index is 2.73. The van der Waals surface area contributed by atoms with Crippen LogP contribution in [0.1, 0.15) is 20.3 Å². The number of hydrogen-bond acceptors (Lipinski definition) is 2. The molecule has 72 valence electrons. The molecule has 13 heavy (non-hydrogen) atoms. The minimum absolute atomic E-state index is 0.0247. The molecule has 1 heterocycles. The number of ketones is 1. The van der Waals surface area contributed by atoms with E-state index in [1.54, 1.807) is 11.8 Å². The van der Waals surface area contributed by atoms with Crippen molar-refractivity contribution in [2.75, 3.05) is 6.54 Å². The summed E-state index contributed by atoms with van der Waals surface area (Å²) < 4.78 is 0. The standard InChI is InChI=1S/C9H12BrNO2/c1-6(3-7(2)12)11-5-8(10)4-9(11)13/h3,8H,4-5H2,1-2H3. The van der Waals surface area contributed by atoms with Gasteiger partial charge in [-0.25, -0.2) is 0 Å². The molecule has 1 aliphatic rings. The van der Waals surface area contributed by atoms with Gasteiger partial charge >= 0.3 is 0 Å². The SMILES string of the molecule is CC(=O)C=C(C)N1CC(Br)CC1=O. The van der Waals surface area contributed by atoms with Crippen LogP contribution in [-0.2, 0) is 9.59 Å². The predicted molar refractivity (Wildman–Crippen MR) is 53.5 cm³/mol. The lowest BCUT2D eigenvalue weighted by Gasteiger charge is -2.15. The fourth-order valence-corrected chi connectivity index (χ4v) is 1.94. The second kappa shape index (κ2) is 4.05. The number of rotatable bonds is 2. The van der Waals surface area contributed by atoms with Crippen molar-refractivity contribution in [2.24, 2.45) is 0 Å². The maximum atomic E-state index is 11.4. The summed E-state index contributed by atoms with van der Waals surface area (Å²) >= 11 is 3.38. The summed E-state index contributed by atoms with van der Waals surface area (Å²) in [6, 6.07) is 0. The first-order valence-electron chi connectivity index (χ1n) is 4.14. The van der Waals surface area contributed by atoms with Crippen molar-refractivity contribution in [1.29, 1.82) is 0 Å². The lowest BCUT2D eigenvalue weighted by molar-refractivity contribution is -0.126. The van der Waals surface area contributed by atoms with Crippen LogP contribution >= 0.6 is 15.9 Å². The molecular formula is C9H12BrNO2. The first kappa shape index (κ1) is 10.4. The van der Waals surface area contributed by atoms with Gasteiger partial charge < -0.3 is 4.90 Å². The Labute approximate surface area is 85.9 Å². The maximum Gasteiger partial charge on any atom is 0.227 e. The van der Waals surface area contributed by atoms with Gasteiger partial charge in [0.05, 0.1) is 0 Å². The summed E-state index contributed by atoms with van der Waals surface area (Å²) in [5.74, 6) is 0.0557. The van der Waals surface area contributed by atoms with Crippen LogP contribution in [0.25, 0.3) is 0 Å². The highest BCUT2D eigenvalue weighted by Gasteiger charge is 2.28. The fraction of sp³-hybridized carbons (Fsp3) is 0.556. The maximum absolute atomic E-state index is 11.4. The lowest BCUT2D eigenvalue weighted by Crippen LogP contribution is -2.23. The second-order valence-electron chi connectivity index (χ2n) is 3.20. The second-order valence-corrected chi connectivity index (χ2v) is 4.50. The van der Waals surface area contributed by atoms with Crippen molar-refractivity contribution in [2.45, 2.75) is 25.1 Å². The highest BCUT2D eigenvalue weighted by atomic mass is 79.9. The molecule has 0 radical (unpaired) electrons. The summed E-state index contributed by atoms with van der Waals surface area (Å²) in [5.41, 5.74) is 0.736. The minimum atomic E-state index is -0.0247. The summed E-state index contributed by atoms with van der Waals surface area (Å²) in [6.07, 6.45) is 2.01. The number of allylic oxidation sites excluding steroid dienone is 2. The van der Waals surface area contributed by atoms with Crippen molar-refractivity contribution in [3.05, 3.63) is 11.8 Å². The van der Waals surface area contributed by atoms with Crippen LogP contribution in [0.5, 0.6) is 0 Å². The number of alkyl halides is 1. The summed E-state index contributed by atoms with van der Waals surface area (Å²) in [6.45, 7) is 3.93. The topological polar surface area (TPSA) is 37.4 Å². The third-order valence-corrected chi connectivity index (χ3v) is 2.53. The number of carbonyl (C=O) groups excluding carboxylic acids is 2. The Morgan fingerprint density at radius 3 is 2.62 bits per heavy atom. The van der Waals surface area contributed by atoms with Crippen molar-refractivity contribution in [1.82, 2.24) is 4.90 Å². The molecule has 1 saturated heterocycles. The molecule has 1 atom stereocenters. The molecule has 0 aromatic rings. The van der Waals surface area contributed by atoms with E-state index in [1.807, 2.05) is 0 Å². The Kier molecular flexibility index (Phi) is 3.25. The number of amides is 1. The number of carbonyl (C=O) groups is 2. The molecule has 0 aromatic heterocycles. The van der Waals surface area contributed by atoms with Gasteiger partial charge in [0, 0.05) is 29.6 Å².